The molecule has 4 aliphatic carbocycles. The molecule has 4 saturated carbocycles. The molecule has 10 atom stereocenters. The Bertz CT molecular complexity index is 1120. The Labute approximate surface area is 218 Å². The van der Waals surface area contributed by atoms with Crippen molar-refractivity contribution in [3.05, 3.63) is 34.4 Å². The summed E-state index contributed by atoms with van der Waals surface area (Å²) in [5.74, 6) is 1.11. The lowest BCUT2D eigenvalue weighted by Gasteiger charge is -2.63. The topological polar surface area (TPSA) is 95.3 Å². The van der Waals surface area contributed by atoms with Crippen LogP contribution >= 0.6 is 0 Å². The lowest BCUT2D eigenvalue weighted by atomic mass is 9.40. The number of hydrogen-bond donors (Lipinski definition) is 0. The minimum atomic E-state index is -0.376. The lowest BCUT2D eigenvalue weighted by molar-refractivity contribution is -0.174. The van der Waals surface area contributed by atoms with Gasteiger partial charge in [-0.2, -0.15) is 0 Å². The Hall–Kier alpha value is -2.15. The zero-order valence-electron chi connectivity index (χ0n) is 22.5. The van der Waals surface area contributed by atoms with Gasteiger partial charge in [0.2, 0.25) is 0 Å². The van der Waals surface area contributed by atoms with Gasteiger partial charge in [-0.05, 0) is 79.7 Å². The number of rotatable bonds is 4. The molecule has 7 heteroatoms. The summed E-state index contributed by atoms with van der Waals surface area (Å²) >= 11 is 0. The van der Waals surface area contributed by atoms with Crippen molar-refractivity contribution in [2.75, 3.05) is 0 Å². The van der Waals surface area contributed by atoms with Crippen molar-refractivity contribution < 1.29 is 28.2 Å². The summed E-state index contributed by atoms with van der Waals surface area (Å²) in [6, 6.07) is 3.32. The number of fused-ring (bicyclic) bond motifs is 3. The van der Waals surface area contributed by atoms with Crippen LogP contribution in [0.4, 0.5) is 0 Å². The van der Waals surface area contributed by atoms with Gasteiger partial charge < -0.3 is 18.6 Å². The van der Waals surface area contributed by atoms with Gasteiger partial charge in [0.15, 0.2) is 0 Å². The van der Waals surface area contributed by atoms with Crippen molar-refractivity contribution >= 4 is 11.9 Å². The first-order valence-electron chi connectivity index (χ1n) is 14.3. The third kappa shape index (κ3) is 3.66. The Morgan fingerprint density at radius 3 is 2.54 bits per heavy atom. The molecule has 7 nitrogen and oxygen atoms in total. The second kappa shape index (κ2) is 8.69. The summed E-state index contributed by atoms with van der Waals surface area (Å²) in [4.78, 5) is 35.8. The van der Waals surface area contributed by atoms with Gasteiger partial charge in [-0.25, -0.2) is 4.79 Å². The molecule has 202 valence electrons. The van der Waals surface area contributed by atoms with Crippen molar-refractivity contribution in [2.24, 2.45) is 28.6 Å². The van der Waals surface area contributed by atoms with Crippen molar-refractivity contribution in [1.29, 1.82) is 0 Å². The summed E-state index contributed by atoms with van der Waals surface area (Å²) in [6.45, 7) is 8.13. The van der Waals surface area contributed by atoms with Crippen LogP contribution in [0.15, 0.2) is 27.6 Å². The van der Waals surface area contributed by atoms with Gasteiger partial charge in [0.25, 0.3) is 0 Å². The molecule has 5 aliphatic rings. The van der Waals surface area contributed by atoms with Gasteiger partial charge >= 0.3 is 17.6 Å². The van der Waals surface area contributed by atoms with Crippen molar-refractivity contribution in [3.8, 4) is 0 Å². The molecule has 0 bridgehead atoms. The maximum Gasteiger partial charge on any atom is 0.335 e. The molecule has 0 aromatic carbocycles. The van der Waals surface area contributed by atoms with Crippen LogP contribution < -0.4 is 5.63 Å². The van der Waals surface area contributed by atoms with Crippen LogP contribution in [0.3, 0.4) is 0 Å². The monoisotopic (exact) mass is 512 g/mol. The van der Waals surface area contributed by atoms with E-state index in [0.717, 1.165) is 50.5 Å². The minimum Gasteiger partial charge on any atom is -0.462 e. The third-order valence-electron chi connectivity index (χ3n) is 11.3. The van der Waals surface area contributed by atoms with Crippen LogP contribution in [0.2, 0.25) is 0 Å². The van der Waals surface area contributed by atoms with Crippen LogP contribution in [0.25, 0.3) is 0 Å². The first-order chi connectivity index (χ1) is 17.6. The molecule has 1 aliphatic heterocycles. The van der Waals surface area contributed by atoms with E-state index in [9.17, 15) is 14.4 Å². The maximum absolute atomic E-state index is 12.1. The molecule has 0 unspecified atom stereocenters. The summed E-state index contributed by atoms with van der Waals surface area (Å²) in [5, 5.41) is 0. The molecule has 5 fully saturated rings. The molecule has 0 N–H and O–H groups in total. The highest BCUT2D eigenvalue weighted by Gasteiger charge is 2.79. The molecular formula is C30H40O7. The van der Waals surface area contributed by atoms with Crippen molar-refractivity contribution in [3.63, 3.8) is 0 Å². The predicted molar refractivity (Wildman–Crippen MR) is 135 cm³/mol. The smallest absolute Gasteiger partial charge is 0.335 e. The molecule has 0 radical (unpaired) electrons. The molecular weight excluding hydrogens is 472 g/mol. The average Bonchev–Trinajstić information content (AvgIpc) is 3.58. The summed E-state index contributed by atoms with van der Waals surface area (Å²) in [7, 11) is 0. The Morgan fingerprint density at radius 2 is 1.84 bits per heavy atom. The zero-order valence-corrected chi connectivity index (χ0v) is 22.5. The molecule has 1 aromatic heterocycles. The Balaban J connectivity index is 1.31. The number of epoxide rings is 1. The second-order valence-corrected chi connectivity index (χ2v) is 12.8. The average molecular weight is 513 g/mol. The highest BCUT2D eigenvalue weighted by atomic mass is 16.6. The highest BCUT2D eigenvalue weighted by Crippen LogP contribution is 2.76. The largest absolute Gasteiger partial charge is 0.462 e. The highest BCUT2D eigenvalue weighted by molar-refractivity contribution is 5.69. The van der Waals surface area contributed by atoms with Gasteiger partial charge in [-0.15, -0.1) is 0 Å². The van der Waals surface area contributed by atoms with Gasteiger partial charge in [0.05, 0.1) is 12.4 Å². The second-order valence-electron chi connectivity index (χ2n) is 12.8. The quantitative estimate of drug-likeness (QED) is 0.407. The van der Waals surface area contributed by atoms with E-state index in [2.05, 4.69) is 13.8 Å². The molecule has 2 heterocycles. The van der Waals surface area contributed by atoms with E-state index in [1.54, 1.807) is 6.26 Å². The number of ether oxygens (including phenoxy) is 3. The fraction of sp³-hybridized carbons (Fsp3) is 0.767. The number of hydrogen-bond acceptors (Lipinski definition) is 7. The SMILES string of the molecule is CCC(=O)O[C@H]1CC[C@@]2(C)[C@H](CC[C@@H]3[C@@H]2CC[C@]2(C)[C@@H](c4ccc(=O)oc4)[C@@H](OC(C)=O)C[C@H]4O[C@]342)C1. The Kier molecular flexibility index (Phi) is 5.90. The van der Waals surface area contributed by atoms with Crippen LogP contribution in [-0.4, -0.2) is 35.9 Å². The van der Waals surface area contributed by atoms with E-state index >= 15 is 0 Å². The van der Waals surface area contributed by atoms with E-state index < -0.39 is 0 Å². The lowest BCUT2D eigenvalue weighted by Crippen LogP contribution is -2.63. The van der Waals surface area contributed by atoms with E-state index in [4.69, 9.17) is 18.6 Å². The molecule has 0 amide bonds. The molecule has 6 rings (SSSR count). The Morgan fingerprint density at radius 1 is 1.03 bits per heavy atom. The fourth-order valence-corrected chi connectivity index (χ4v) is 9.72. The van der Waals surface area contributed by atoms with Gasteiger partial charge in [-0.3, -0.25) is 9.59 Å². The van der Waals surface area contributed by atoms with E-state index in [-0.39, 0.29) is 58.2 Å². The van der Waals surface area contributed by atoms with Gasteiger partial charge in [-0.1, -0.05) is 20.8 Å². The molecule has 37 heavy (non-hydrogen) atoms. The van der Waals surface area contributed by atoms with E-state index in [1.807, 2.05) is 13.0 Å². The normalized spacial score (nSPS) is 45.9. The number of carbonyl (C=O) groups is 2. The fourth-order valence-electron chi connectivity index (χ4n) is 9.72. The zero-order chi connectivity index (χ0) is 26.2. The van der Waals surface area contributed by atoms with Gasteiger partial charge in [0, 0.05) is 37.2 Å². The predicted octanol–water partition coefficient (Wildman–Crippen LogP) is 5.15. The standard InChI is InChI=1S/C30H40O7/c1-5-25(32)36-20-10-12-28(3)19(14-20)7-8-22-21(28)11-13-29(4)27(18-6-9-26(33)34-16-18)23(35-17(2)31)15-24-30(22,29)37-24/h6,9,16,19-24,27H,5,7-8,10-15H2,1-4H3/t19-,20+,21+,22-,23+,24-,27+,28+,29-,30-/m1/s1. The third-order valence-corrected chi connectivity index (χ3v) is 11.3. The van der Waals surface area contributed by atoms with Crippen molar-refractivity contribution in [1.82, 2.24) is 0 Å². The van der Waals surface area contributed by atoms with Crippen LogP contribution in [0, 0.1) is 28.6 Å². The van der Waals surface area contributed by atoms with Crippen LogP contribution in [0.1, 0.15) is 97.0 Å². The van der Waals surface area contributed by atoms with Gasteiger partial charge in [0.1, 0.15) is 17.8 Å². The molecule has 1 aromatic rings. The summed E-state index contributed by atoms with van der Waals surface area (Å²) in [6.07, 6.45) is 9.83. The van der Waals surface area contributed by atoms with Crippen LogP contribution in [0.5, 0.6) is 0 Å². The van der Waals surface area contributed by atoms with Crippen LogP contribution in [-0.2, 0) is 23.8 Å². The minimum absolute atomic E-state index is 0.0512. The van der Waals surface area contributed by atoms with E-state index in [1.165, 1.54) is 13.0 Å². The summed E-state index contributed by atoms with van der Waals surface area (Å²) < 4.78 is 23.8. The van der Waals surface area contributed by atoms with E-state index in [0.29, 0.717) is 30.6 Å². The summed E-state index contributed by atoms with van der Waals surface area (Å²) in [5.41, 5.74) is 0.283. The molecule has 1 saturated heterocycles. The number of esters is 2. The van der Waals surface area contributed by atoms with Crippen molar-refractivity contribution in [2.45, 2.75) is 115 Å². The first-order valence-corrected chi connectivity index (χ1v) is 14.3. The maximum atomic E-state index is 12.1. The molecule has 1 spiro atoms. The first kappa shape index (κ1) is 25.1. The number of carbonyl (C=O) groups excluding carboxylic acids is 2.